The van der Waals surface area contributed by atoms with Crippen LogP contribution in [0.3, 0.4) is 0 Å². The van der Waals surface area contributed by atoms with E-state index >= 15 is 0 Å². The first kappa shape index (κ1) is 14.3. The first-order chi connectivity index (χ1) is 8.39. The Labute approximate surface area is 107 Å². The second-order valence-electron chi connectivity index (χ2n) is 3.81. The highest BCUT2D eigenvalue weighted by Gasteiger charge is 1.97. The lowest BCUT2D eigenvalue weighted by Gasteiger charge is -2.05. The zero-order chi connectivity index (χ0) is 13.6. The highest BCUT2D eigenvalue weighted by Crippen LogP contribution is 2.08. The van der Waals surface area contributed by atoms with Crippen LogP contribution in [0.25, 0.3) is 0 Å². The van der Waals surface area contributed by atoms with Gasteiger partial charge in [-0.05, 0) is 25.1 Å². The van der Waals surface area contributed by atoms with Crippen LogP contribution in [-0.4, -0.2) is 30.8 Å². The summed E-state index contributed by atoms with van der Waals surface area (Å²) in [7, 11) is -4.27. The monoisotopic (exact) mass is 265 g/mol. The van der Waals surface area contributed by atoms with E-state index in [-0.39, 0.29) is 4.90 Å². The van der Waals surface area contributed by atoms with Crippen molar-refractivity contribution in [2.75, 3.05) is 6.54 Å². The van der Waals surface area contributed by atoms with E-state index in [1.54, 1.807) is 12.1 Å². The minimum Gasteiger partial charge on any atom is -0.744 e. The van der Waals surface area contributed by atoms with E-state index in [0.717, 1.165) is 12.1 Å². The number of allylic oxidation sites excluding steroid dienone is 2. The van der Waals surface area contributed by atoms with Crippen LogP contribution >= 0.6 is 0 Å². The van der Waals surface area contributed by atoms with E-state index in [4.69, 9.17) is 0 Å². The van der Waals surface area contributed by atoms with Crippen molar-refractivity contribution in [1.82, 2.24) is 0 Å². The molecule has 0 aliphatic carbocycles. The van der Waals surface area contributed by atoms with Gasteiger partial charge in [0.1, 0.15) is 16.8 Å². The zero-order valence-electron chi connectivity index (χ0n) is 10.1. The van der Waals surface area contributed by atoms with Crippen molar-refractivity contribution in [2.24, 2.45) is 0 Å². The minimum atomic E-state index is -4.27. The molecule has 96 valence electrons. The molecule has 0 unspecified atom stereocenters. The van der Waals surface area contributed by atoms with Gasteiger partial charge in [-0.2, -0.15) is 0 Å². The number of hydrogen-bond donors (Lipinski definition) is 0. The SMILES string of the molecule is C=[N+]1C=CC=CC1.Cc1ccc(S(=O)(=O)[O-])cc1. The molecule has 0 radical (unpaired) electrons. The standard InChI is InChI=1S/C7H8O3S.C6H8N/c1-6-2-4-7(5-3-6)11(8,9)10;1-7-5-3-2-4-6-7/h2-5H,1H3,(H,8,9,10);2-5H,1,6H2/q;+1/p-1. The number of rotatable bonds is 1. The molecule has 5 heteroatoms. The molecule has 0 N–H and O–H groups in total. The van der Waals surface area contributed by atoms with Gasteiger partial charge in [-0.1, -0.05) is 23.8 Å². The molecule has 1 aromatic rings. The molecule has 0 amide bonds. The highest BCUT2D eigenvalue weighted by molar-refractivity contribution is 7.85. The average Bonchev–Trinajstić information content (AvgIpc) is 2.30. The van der Waals surface area contributed by atoms with E-state index in [2.05, 4.69) is 12.8 Å². The van der Waals surface area contributed by atoms with E-state index < -0.39 is 10.1 Å². The summed E-state index contributed by atoms with van der Waals surface area (Å²) in [5, 5.41) is 0. The predicted octanol–water partition coefficient (Wildman–Crippen LogP) is 1.68. The van der Waals surface area contributed by atoms with Crippen LogP contribution < -0.4 is 0 Å². The van der Waals surface area contributed by atoms with Gasteiger partial charge in [-0.3, -0.25) is 0 Å². The van der Waals surface area contributed by atoms with Crippen molar-refractivity contribution in [3.05, 3.63) is 54.3 Å². The molecule has 1 heterocycles. The fourth-order valence-electron chi connectivity index (χ4n) is 1.21. The molecule has 1 aliphatic heterocycles. The maximum absolute atomic E-state index is 10.4. The topological polar surface area (TPSA) is 60.2 Å². The lowest BCUT2D eigenvalue weighted by atomic mass is 10.2. The lowest BCUT2D eigenvalue weighted by Crippen LogP contribution is -2.01. The number of benzene rings is 1. The summed E-state index contributed by atoms with van der Waals surface area (Å²) in [5.41, 5.74) is 0.928. The van der Waals surface area contributed by atoms with Gasteiger partial charge in [-0.15, -0.1) is 0 Å². The molecule has 0 atom stereocenters. The van der Waals surface area contributed by atoms with Crippen LogP contribution in [0, 0.1) is 6.92 Å². The van der Waals surface area contributed by atoms with Crippen molar-refractivity contribution in [3.8, 4) is 0 Å². The molecule has 1 aliphatic rings. The fourth-order valence-corrected chi connectivity index (χ4v) is 1.68. The quantitative estimate of drug-likeness (QED) is 0.573. The maximum atomic E-state index is 10.4. The Bertz CT molecular complexity index is 569. The van der Waals surface area contributed by atoms with Crippen molar-refractivity contribution in [1.29, 1.82) is 0 Å². The van der Waals surface area contributed by atoms with Gasteiger partial charge in [-0.25, -0.2) is 13.0 Å². The van der Waals surface area contributed by atoms with Gasteiger partial charge in [0, 0.05) is 6.08 Å². The Balaban J connectivity index is 0.000000199. The van der Waals surface area contributed by atoms with Crippen LogP contribution in [0.4, 0.5) is 0 Å². The van der Waals surface area contributed by atoms with E-state index in [1.807, 2.05) is 29.9 Å². The molecular formula is C13H15NO3S. The third kappa shape index (κ3) is 5.07. The molecule has 18 heavy (non-hydrogen) atoms. The second kappa shape index (κ2) is 6.28. The number of aryl methyl sites for hydroxylation is 1. The molecule has 0 fully saturated rings. The third-order valence-corrected chi connectivity index (χ3v) is 3.04. The maximum Gasteiger partial charge on any atom is 0.168 e. The Hall–Kier alpha value is -1.72. The molecule has 2 rings (SSSR count). The Kier molecular flexibility index (Phi) is 5.00. The minimum absolute atomic E-state index is 0.178. The second-order valence-corrected chi connectivity index (χ2v) is 5.19. The molecule has 0 spiro atoms. The predicted molar refractivity (Wildman–Crippen MR) is 69.7 cm³/mol. The molecule has 0 bridgehead atoms. The third-order valence-electron chi connectivity index (χ3n) is 2.19. The fraction of sp³-hybridized carbons (Fsp3) is 0.154. The highest BCUT2D eigenvalue weighted by atomic mass is 32.2. The van der Waals surface area contributed by atoms with Crippen molar-refractivity contribution < 1.29 is 17.5 Å². The van der Waals surface area contributed by atoms with Crippen LogP contribution in [0.1, 0.15) is 5.56 Å². The van der Waals surface area contributed by atoms with E-state index in [9.17, 15) is 13.0 Å². The Morgan fingerprint density at radius 2 is 1.83 bits per heavy atom. The summed E-state index contributed by atoms with van der Waals surface area (Å²) in [6.07, 6.45) is 7.99. The summed E-state index contributed by atoms with van der Waals surface area (Å²) in [4.78, 5) is -0.178. The summed E-state index contributed by atoms with van der Waals surface area (Å²) < 4.78 is 33.0. The summed E-state index contributed by atoms with van der Waals surface area (Å²) in [5.74, 6) is 0. The van der Waals surface area contributed by atoms with Crippen molar-refractivity contribution >= 4 is 16.8 Å². The molecule has 0 aromatic heterocycles. The van der Waals surface area contributed by atoms with Crippen molar-refractivity contribution in [2.45, 2.75) is 11.8 Å². The molecule has 0 saturated carbocycles. The van der Waals surface area contributed by atoms with Gasteiger partial charge in [0.05, 0.1) is 4.90 Å². The summed E-state index contributed by atoms with van der Waals surface area (Å²) in [6.45, 7) is 6.45. The number of nitrogens with zero attached hydrogens (tertiary/aromatic N) is 1. The van der Waals surface area contributed by atoms with Crippen LogP contribution in [0.15, 0.2) is 53.6 Å². The van der Waals surface area contributed by atoms with Gasteiger partial charge >= 0.3 is 0 Å². The van der Waals surface area contributed by atoms with Crippen LogP contribution in [0.5, 0.6) is 0 Å². The van der Waals surface area contributed by atoms with Crippen molar-refractivity contribution in [3.63, 3.8) is 0 Å². The molecule has 1 aromatic carbocycles. The van der Waals surface area contributed by atoms with Gasteiger partial charge in [0.25, 0.3) is 0 Å². The molecule has 0 saturated heterocycles. The van der Waals surface area contributed by atoms with Crippen LogP contribution in [0.2, 0.25) is 0 Å². The molecular weight excluding hydrogens is 250 g/mol. The molecule has 4 nitrogen and oxygen atoms in total. The lowest BCUT2D eigenvalue weighted by molar-refractivity contribution is -0.436. The zero-order valence-corrected chi connectivity index (χ0v) is 10.9. The van der Waals surface area contributed by atoms with Crippen LogP contribution in [-0.2, 0) is 10.1 Å². The first-order valence-electron chi connectivity index (χ1n) is 5.32. The Morgan fingerprint density at radius 3 is 2.17 bits per heavy atom. The summed E-state index contributed by atoms with van der Waals surface area (Å²) in [6, 6.07) is 5.78. The average molecular weight is 265 g/mol. The van der Waals surface area contributed by atoms with E-state index in [0.29, 0.717) is 0 Å². The normalized spacial score (nSPS) is 14.0. The smallest absolute Gasteiger partial charge is 0.168 e. The van der Waals surface area contributed by atoms with Gasteiger partial charge in [0.15, 0.2) is 12.7 Å². The van der Waals surface area contributed by atoms with E-state index in [1.165, 1.54) is 12.1 Å². The van der Waals surface area contributed by atoms with Gasteiger partial charge in [0.2, 0.25) is 0 Å². The largest absolute Gasteiger partial charge is 0.744 e. The number of hydrogen-bond acceptors (Lipinski definition) is 3. The Morgan fingerprint density at radius 1 is 1.22 bits per heavy atom. The first-order valence-corrected chi connectivity index (χ1v) is 6.73. The van der Waals surface area contributed by atoms with Gasteiger partial charge < -0.3 is 4.55 Å². The summed E-state index contributed by atoms with van der Waals surface area (Å²) >= 11 is 0.